The Hall–Kier alpha value is -3.09. The summed E-state index contributed by atoms with van der Waals surface area (Å²) in [5.41, 5.74) is 1.13. The molecular weight excluding hydrogens is 351 g/mol. The maximum atomic E-state index is 13.4. The van der Waals surface area contributed by atoms with Gasteiger partial charge in [-0.15, -0.1) is 10.2 Å². The van der Waals surface area contributed by atoms with Crippen molar-refractivity contribution in [3.05, 3.63) is 42.2 Å². The van der Waals surface area contributed by atoms with Crippen molar-refractivity contribution in [2.24, 2.45) is 0 Å². The lowest BCUT2D eigenvalue weighted by molar-refractivity contribution is 0.261. The van der Waals surface area contributed by atoms with E-state index in [1.807, 2.05) is 20.8 Å². The van der Waals surface area contributed by atoms with Gasteiger partial charge in [0.05, 0.1) is 19.8 Å². The Morgan fingerprint density at radius 2 is 1.41 bits per heavy atom. The Labute approximate surface area is 156 Å². The SMILES string of the molecule is CCOc1cc(-c2nnc(-c3cccc(F)c3)o2)cc(OCC)c1OCC. The molecule has 1 aromatic heterocycles. The quantitative estimate of drug-likeness (QED) is 0.569. The van der Waals surface area contributed by atoms with Crippen molar-refractivity contribution >= 4 is 0 Å². The number of ether oxygens (including phenoxy) is 3. The van der Waals surface area contributed by atoms with Crippen molar-refractivity contribution in [3.63, 3.8) is 0 Å². The maximum Gasteiger partial charge on any atom is 0.248 e. The second-order valence-electron chi connectivity index (χ2n) is 5.52. The van der Waals surface area contributed by atoms with Gasteiger partial charge in [0.15, 0.2) is 11.5 Å². The molecule has 0 amide bonds. The summed E-state index contributed by atoms with van der Waals surface area (Å²) in [6.45, 7) is 7.07. The van der Waals surface area contributed by atoms with E-state index in [9.17, 15) is 4.39 Å². The predicted molar refractivity (Wildman–Crippen MR) is 98.6 cm³/mol. The fraction of sp³-hybridized carbons (Fsp3) is 0.300. The van der Waals surface area contributed by atoms with Gasteiger partial charge in [-0.2, -0.15) is 0 Å². The molecule has 3 rings (SSSR count). The molecule has 0 bridgehead atoms. The van der Waals surface area contributed by atoms with Gasteiger partial charge in [-0.25, -0.2) is 4.39 Å². The van der Waals surface area contributed by atoms with Crippen LogP contribution in [0.2, 0.25) is 0 Å². The number of rotatable bonds is 8. The number of hydrogen-bond donors (Lipinski definition) is 0. The van der Waals surface area contributed by atoms with Gasteiger partial charge in [-0.1, -0.05) is 6.07 Å². The van der Waals surface area contributed by atoms with Crippen molar-refractivity contribution in [3.8, 4) is 40.2 Å². The number of halogens is 1. The van der Waals surface area contributed by atoms with Crippen LogP contribution in [0.15, 0.2) is 40.8 Å². The van der Waals surface area contributed by atoms with Gasteiger partial charge in [0.25, 0.3) is 0 Å². The summed E-state index contributed by atoms with van der Waals surface area (Å²) < 4.78 is 36.3. The van der Waals surface area contributed by atoms with Gasteiger partial charge < -0.3 is 18.6 Å². The summed E-state index contributed by atoms with van der Waals surface area (Å²) in [5.74, 6) is 1.74. The minimum absolute atomic E-state index is 0.231. The van der Waals surface area contributed by atoms with Gasteiger partial charge >= 0.3 is 0 Å². The molecule has 0 aliphatic rings. The van der Waals surface area contributed by atoms with Crippen LogP contribution in [0.25, 0.3) is 22.9 Å². The van der Waals surface area contributed by atoms with Crippen LogP contribution in [0.3, 0.4) is 0 Å². The van der Waals surface area contributed by atoms with E-state index in [2.05, 4.69) is 10.2 Å². The van der Waals surface area contributed by atoms with Crippen molar-refractivity contribution in [1.29, 1.82) is 0 Å². The van der Waals surface area contributed by atoms with E-state index in [-0.39, 0.29) is 17.6 Å². The standard InChI is InChI=1S/C20H21FN2O4/c1-4-24-16-11-14(12-17(25-5-2)18(16)26-6-3)20-23-22-19(27-20)13-8-7-9-15(21)10-13/h7-12H,4-6H2,1-3H3. The Bertz CT molecular complexity index is 883. The average Bonchev–Trinajstić information content (AvgIpc) is 3.15. The molecule has 6 nitrogen and oxygen atoms in total. The first-order valence-electron chi connectivity index (χ1n) is 8.82. The van der Waals surface area contributed by atoms with Crippen LogP contribution < -0.4 is 14.2 Å². The molecule has 0 saturated heterocycles. The molecule has 0 aliphatic heterocycles. The maximum absolute atomic E-state index is 13.4. The largest absolute Gasteiger partial charge is 0.490 e. The molecule has 142 valence electrons. The monoisotopic (exact) mass is 372 g/mol. The van der Waals surface area contributed by atoms with Gasteiger partial charge in [-0.05, 0) is 51.1 Å². The van der Waals surface area contributed by atoms with E-state index in [4.69, 9.17) is 18.6 Å². The molecule has 0 N–H and O–H groups in total. The van der Waals surface area contributed by atoms with Crippen LogP contribution in [-0.2, 0) is 0 Å². The number of aromatic nitrogens is 2. The van der Waals surface area contributed by atoms with E-state index in [1.165, 1.54) is 12.1 Å². The molecular formula is C20H21FN2O4. The Kier molecular flexibility index (Phi) is 5.90. The predicted octanol–water partition coefficient (Wildman–Crippen LogP) is 4.74. The number of hydrogen-bond acceptors (Lipinski definition) is 6. The molecule has 0 fully saturated rings. The smallest absolute Gasteiger partial charge is 0.248 e. The molecule has 27 heavy (non-hydrogen) atoms. The Balaban J connectivity index is 2.03. The minimum Gasteiger partial charge on any atom is -0.490 e. The highest BCUT2D eigenvalue weighted by Crippen LogP contribution is 2.42. The molecule has 0 radical (unpaired) electrons. The third kappa shape index (κ3) is 4.19. The number of benzene rings is 2. The molecule has 0 saturated carbocycles. The minimum atomic E-state index is -0.370. The molecule has 0 aliphatic carbocycles. The lowest BCUT2D eigenvalue weighted by atomic mass is 10.1. The highest BCUT2D eigenvalue weighted by Gasteiger charge is 2.19. The Morgan fingerprint density at radius 1 is 0.815 bits per heavy atom. The molecule has 2 aromatic carbocycles. The third-order valence-corrected chi connectivity index (χ3v) is 3.65. The summed E-state index contributed by atoms with van der Waals surface area (Å²) in [4.78, 5) is 0. The van der Waals surface area contributed by atoms with E-state index in [0.717, 1.165) is 0 Å². The van der Waals surface area contributed by atoms with Crippen LogP contribution in [0.1, 0.15) is 20.8 Å². The van der Waals surface area contributed by atoms with Gasteiger partial charge in [-0.3, -0.25) is 0 Å². The lowest BCUT2D eigenvalue weighted by Gasteiger charge is -2.16. The van der Waals surface area contributed by atoms with Crippen LogP contribution in [0.4, 0.5) is 4.39 Å². The van der Waals surface area contributed by atoms with Gasteiger partial charge in [0.1, 0.15) is 5.82 Å². The fourth-order valence-electron chi connectivity index (χ4n) is 2.59. The molecule has 0 spiro atoms. The third-order valence-electron chi connectivity index (χ3n) is 3.65. The topological polar surface area (TPSA) is 66.6 Å². The zero-order chi connectivity index (χ0) is 19.2. The van der Waals surface area contributed by atoms with Gasteiger partial charge in [0.2, 0.25) is 17.5 Å². The van der Waals surface area contributed by atoms with Gasteiger partial charge in [0, 0.05) is 11.1 Å². The van der Waals surface area contributed by atoms with E-state index >= 15 is 0 Å². The van der Waals surface area contributed by atoms with E-state index in [0.29, 0.717) is 48.2 Å². The van der Waals surface area contributed by atoms with Crippen LogP contribution in [0.5, 0.6) is 17.2 Å². The zero-order valence-electron chi connectivity index (χ0n) is 15.5. The van der Waals surface area contributed by atoms with Crippen LogP contribution in [0, 0.1) is 5.82 Å². The summed E-state index contributed by atoms with van der Waals surface area (Å²) in [7, 11) is 0. The highest BCUT2D eigenvalue weighted by molar-refractivity contribution is 5.66. The molecule has 7 heteroatoms. The summed E-state index contributed by atoms with van der Waals surface area (Å²) >= 11 is 0. The normalized spacial score (nSPS) is 10.7. The van der Waals surface area contributed by atoms with Crippen molar-refractivity contribution in [2.75, 3.05) is 19.8 Å². The zero-order valence-corrected chi connectivity index (χ0v) is 15.5. The Morgan fingerprint density at radius 3 is 1.96 bits per heavy atom. The first kappa shape index (κ1) is 18.7. The summed E-state index contributed by atoms with van der Waals surface area (Å²) in [6, 6.07) is 9.52. The lowest BCUT2D eigenvalue weighted by Crippen LogP contribution is -2.03. The first-order chi connectivity index (χ1) is 13.2. The van der Waals surface area contributed by atoms with Crippen molar-refractivity contribution in [1.82, 2.24) is 10.2 Å². The van der Waals surface area contributed by atoms with Crippen LogP contribution >= 0.6 is 0 Å². The van der Waals surface area contributed by atoms with Crippen molar-refractivity contribution < 1.29 is 23.0 Å². The fourth-order valence-corrected chi connectivity index (χ4v) is 2.59. The van der Waals surface area contributed by atoms with E-state index in [1.54, 1.807) is 24.3 Å². The number of nitrogens with zero attached hydrogens (tertiary/aromatic N) is 2. The highest BCUT2D eigenvalue weighted by atomic mass is 19.1. The summed E-state index contributed by atoms with van der Waals surface area (Å²) in [6.07, 6.45) is 0. The second-order valence-corrected chi connectivity index (χ2v) is 5.52. The van der Waals surface area contributed by atoms with Crippen molar-refractivity contribution in [2.45, 2.75) is 20.8 Å². The van der Waals surface area contributed by atoms with Crippen LogP contribution in [-0.4, -0.2) is 30.0 Å². The van der Waals surface area contributed by atoms with E-state index < -0.39 is 0 Å². The summed E-state index contributed by atoms with van der Waals surface area (Å²) in [5, 5.41) is 8.10. The average molecular weight is 372 g/mol. The first-order valence-corrected chi connectivity index (χ1v) is 8.82. The molecule has 0 unspecified atom stereocenters. The molecule has 1 heterocycles. The molecule has 0 atom stereocenters. The second kappa shape index (κ2) is 8.53. The molecule has 3 aromatic rings.